The van der Waals surface area contributed by atoms with E-state index in [0.717, 1.165) is 25.9 Å². The minimum atomic E-state index is -3.56. The number of nitrogen functional groups attached to an aromatic ring is 1. The van der Waals surface area contributed by atoms with Gasteiger partial charge < -0.3 is 10.6 Å². The summed E-state index contributed by atoms with van der Waals surface area (Å²) in [6.45, 7) is 3.96. The summed E-state index contributed by atoms with van der Waals surface area (Å²) in [6.07, 6.45) is 3.32. The topological polar surface area (TPSA) is 79.5 Å². The zero-order chi connectivity index (χ0) is 14.9. The number of hydrogen-bond donors (Lipinski definition) is 1. The second-order valence-electron chi connectivity index (χ2n) is 5.51. The maximum absolute atomic E-state index is 12.4. The number of nitrogens with two attached hydrogens (primary N) is 1. The van der Waals surface area contributed by atoms with Crippen molar-refractivity contribution in [3.05, 3.63) is 0 Å². The average Bonchev–Trinajstić information content (AvgIpc) is 2.62. The van der Waals surface area contributed by atoms with Crippen molar-refractivity contribution in [1.82, 2.24) is 8.68 Å². The van der Waals surface area contributed by atoms with E-state index in [1.165, 1.54) is 36.4 Å². The molecule has 0 spiro atoms. The molecule has 1 aromatic rings. The van der Waals surface area contributed by atoms with E-state index in [1.807, 2.05) is 0 Å². The van der Waals surface area contributed by atoms with Crippen LogP contribution >= 0.6 is 11.5 Å². The third-order valence-corrected chi connectivity index (χ3v) is 6.63. The zero-order valence-corrected chi connectivity index (χ0v) is 13.8. The Morgan fingerprint density at radius 1 is 1.35 bits per heavy atom. The fraction of sp³-hybridized carbons (Fsp3) is 0.750. The van der Waals surface area contributed by atoms with E-state index in [2.05, 4.69) is 16.2 Å². The van der Waals surface area contributed by atoms with E-state index in [1.54, 1.807) is 0 Å². The van der Waals surface area contributed by atoms with E-state index in [0.29, 0.717) is 10.9 Å². The number of nitrogens with zero attached hydrogens (tertiary/aromatic N) is 3. The van der Waals surface area contributed by atoms with Crippen molar-refractivity contribution in [3.8, 4) is 0 Å². The molecule has 1 aliphatic rings. The largest absolute Gasteiger partial charge is 0.382 e. The van der Waals surface area contributed by atoms with Gasteiger partial charge in [0.05, 0.1) is 0 Å². The average molecular weight is 318 g/mol. The predicted octanol–water partition coefficient (Wildman–Crippen LogP) is 1.60. The first-order chi connectivity index (χ1) is 9.34. The predicted molar refractivity (Wildman–Crippen MR) is 82.6 cm³/mol. The molecule has 2 rings (SSSR count). The molecule has 114 valence electrons. The molecule has 0 saturated carbocycles. The molecular weight excluding hydrogens is 296 g/mol. The van der Waals surface area contributed by atoms with Crippen LogP contribution in [0.1, 0.15) is 26.2 Å². The van der Waals surface area contributed by atoms with E-state index in [4.69, 9.17) is 5.73 Å². The third kappa shape index (κ3) is 2.91. The quantitative estimate of drug-likeness (QED) is 0.916. The third-order valence-electron chi connectivity index (χ3n) is 3.70. The molecule has 20 heavy (non-hydrogen) atoms. The Bertz CT molecular complexity index is 568. The Kier molecular flexibility index (Phi) is 4.55. The maximum atomic E-state index is 12.4. The molecule has 1 saturated heterocycles. The van der Waals surface area contributed by atoms with Crippen molar-refractivity contribution in [3.63, 3.8) is 0 Å². The van der Waals surface area contributed by atoms with Crippen molar-refractivity contribution in [2.24, 2.45) is 5.92 Å². The minimum absolute atomic E-state index is 0.107. The molecule has 2 heterocycles. The Morgan fingerprint density at radius 2 is 2.05 bits per heavy atom. The molecule has 2 N–H and O–H groups in total. The maximum Gasteiger partial charge on any atom is 0.249 e. The van der Waals surface area contributed by atoms with Crippen molar-refractivity contribution in [1.29, 1.82) is 0 Å². The first kappa shape index (κ1) is 15.5. The molecule has 8 heteroatoms. The lowest BCUT2D eigenvalue weighted by Crippen LogP contribution is -2.28. The zero-order valence-electron chi connectivity index (χ0n) is 12.2. The highest BCUT2D eigenvalue weighted by molar-refractivity contribution is 7.89. The fourth-order valence-electron chi connectivity index (χ4n) is 2.38. The van der Waals surface area contributed by atoms with Gasteiger partial charge in [-0.3, -0.25) is 0 Å². The van der Waals surface area contributed by atoms with Gasteiger partial charge in [0.2, 0.25) is 10.0 Å². The van der Waals surface area contributed by atoms with Crippen LogP contribution < -0.4 is 10.6 Å². The highest BCUT2D eigenvalue weighted by atomic mass is 32.2. The summed E-state index contributed by atoms with van der Waals surface area (Å²) in [6, 6.07) is 0. The van der Waals surface area contributed by atoms with Gasteiger partial charge in [-0.15, -0.1) is 0 Å². The first-order valence-corrected chi connectivity index (χ1v) is 8.98. The summed E-state index contributed by atoms with van der Waals surface area (Å²) in [5, 5.41) is 0.685. The first-order valence-electron chi connectivity index (χ1n) is 6.76. The van der Waals surface area contributed by atoms with E-state index in [9.17, 15) is 8.42 Å². The Morgan fingerprint density at radius 3 is 2.70 bits per heavy atom. The number of hydrogen-bond acceptors (Lipinski definition) is 6. The molecule has 1 aromatic heterocycles. The molecule has 1 atom stereocenters. The van der Waals surface area contributed by atoms with Gasteiger partial charge in [-0.2, -0.15) is 4.37 Å². The van der Waals surface area contributed by atoms with Gasteiger partial charge in [0.25, 0.3) is 0 Å². The molecule has 0 amide bonds. The number of sulfonamides is 1. The molecule has 1 aliphatic heterocycles. The highest BCUT2D eigenvalue weighted by Crippen LogP contribution is 2.37. The van der Waals surface area contributed by atoms with Gasteiger partial charge in [0, 0.05) is 27.2 Å². The Hall–Kier alpha value is -0.860. The standard InChI is InChI=1S/C12H22N4O2S2/c1-9-5-4-7-16(8-6-9)12-10(11(13)14-19-12)20(17,18)15(2)3/h9H,4-8H2,1-3H3,(H2,13,14). The molecule has 0 aromatic carbocycles. The second kappa shape index (κ2) is 5.87. The molecule has 0 bridgehead atoms. The van der Waals surface area contributed by atoms with Gasteiger partial charge in [0.15, 0.2) is 10.7 Å². The van der Waals surface area contributed by atoms with E-state index >= 15 is 0 Å². The normalized spacial score (nSPS) is 21.2. The summed E-state index contributed by atoms with van der Waals surface area (Å²) in [5.41, 5.74) is 5.81. The summed E-state index contributed by atoms with van der Waals surface area (Å²) >= 11 is 1.18. The SMILES string of the molecule is CC1CCCN(c2snc(N)c2S(=O)(=O)N(C)C)CC1. The lowest BCUT2D eigenvalue weighted by molar-refractivity contribution is 0.519. The van der Waals surface area contributed by atoms with Gasteiger partial charge in [0.1, 0.15) is 5.00 Å². The van der Waals surface area contributed by atoms with Gasteiger partial charge in [-0.25, -0.2) is 12.7 Å². The second-order valence-corrected chi connectivity index (χ2v) is 8.35. The molecule has 0 aliphatic carbocycles. The van der Waals surface area contributed by atoms with Crippen LogP contribution in [0.4, 0.5) is 10.8 Å². The van der Waals surface area contributed by atoms with Crippen molar-refractivity contribution in [2.45, 2.75) is 31.1 Å². The number of rotatable bonds is 3. The fourth-order valence-corrected chi connectivity index (χ4v) is 4.65. The summed E-state index contributed by atoms with van der Waals surface area (Å²) in [7, 11) is -0.526. The Balaban J connectivity index is 2.39. The molecular formula is C12H22N4O2S2. The monoisotopic (exact) mass is 318 g/mol. The minimum Gasteiger partial charge on any atom is -0.382 e. The van der Waals surface area contributed by atoms with Crippen LogP contribution in [0, 0.1) is 5.92 Å². The van der Waals surface area contributed by atoms with Gasteiger partial charge in [-0.05, 0) is 36.7 Å². The van der Waals surface area contributed by atoms with Gasteiger partial charge in [-0.1, -0.05) is 6.92 Å². The summed E-state index contributed by atoms with van der Waals surface area (Å²) in [4.78, 5) is 2.29. The van der Waals surface area contributed by atoms with Crippen LogP contribution in [0.5, 0.6) is 0 Å². The van der Waals surface area contributed by atoms with Crippen molar-refractivity contribution in [2.75, 3.05) is 37.8 Å². The number of aromatic nitrogens is 1. The van der Waals surface area contributed by atoms with Crippen LogP contribution in [0.15, 0.2) is 4.90 Å². The van der Waals surface area contributed by atoms with Gasteiger partial charge >= 0.3 is 0 Å². The highest BCUT2D eigenvalue weighted by Gasteiger charge is 2.30. The molecule has 1 unspecified atom stereocenters. The lowest BCUT2D eigenvalue weighted by atomic mass is 10.0. The van der Waals surface area contributed by atoms with Crippen LogP contribution in [0.25, 0.3) is 0 Å². The Labute approximate surface area is 124 Å². The summed E-state index contributed by atoms with van der Waals surface area (Å²) < 4.78 is 30.1. The van der Waals surface area contributed by atoms with Crippen molar-refractivity contribution >= 4 is 32.4 Å². The molecule has 1 fully saturated rings. The van der Waals surface area contributed by atoms with E-state index < -0.39 is 10.0 Å². The summed E-state index contributed by atoms with van der Waals surface area (Å²) in [5.74, 6) is 0.787. The van der Waals surface area contributed by atoms with E-state index in [-0.39, 0.29) is 10.7 Å². The van der Waals surface area contributed by atoms with Crippen LogP contribution in [0.2, 0.25) is 0 Å². The van der Waals surface area contributed by atoms with Crippen LogP contribution in [0.3, 0.4) is 0 Å². The lowest BCUT2D eigenvalue weighted by Gasteiger charge is -2.22. The molecule has 6 nitrogen and oxygen atoms in total. The van der Waals surface area contributed by atoms with Crippen LogP contribution in [-0.4, -0.2) is 44.3 Å². The van der Waals surface area contributed by atoms with Crippen LogP contribution in [-0.2, 0) is 10.0 Å². The molecule has 0 radical (unpaired) electrons. The smallest absolute Gasteiger partial charge is 0.249 e. The van der Waals surface area contributed by atoms with Crippen molar-refractivity contribution < 1.29 is 8.42 Å². The number of anilines is 2.